The molecule has 1 saturated heterocycles. The van der Waals surface area contributed by atoms with Crippen molar-refractivity contribution < 1.29 is 19.2 Å². The molecule has 0 atom stereocenters. The van der Waals surface area contributed by atoms with Crippen LogP contribution < -0.4 is 21.1 Å². The van der Waals surface area contributed by atoms with Crippen LogP contribution in [0, 0.1) is 5.41 Å². The predicted molar refractivity (Wildman–Crippen MR) is 114 cm³/mol. The molecule has 1 heterocycles. The van der Waals surface area contributed by atoms with E-state index in [4.69, 9.17) is 0 Å². The van der Waals surface area contributed by atoms with E-state index in [1.165, 1.54) is 5.01 Å². The molecule has 1 aliphatic heterocycles. The third-order valence-corrected chi connectivity index (χ3v) is 4.50. The molecule has 30 heavy (non-hydrogen) atoms. The highest BCUT2D eigenvalue weighted by Crippen LogP contribution is 2.21. The smallest absolute Gasteiger partial charge is 0.255 e. The fraction of sp³-hybridized carbons (Fsp3) is 0.273. The second kappa shape index (κ2) is 8.36. The minimum atomic E-state index is -0.532. The summed E-state index contributed by atoms with van der Waals surface area (Å²) in [4.78, 5) is 48.2. The van der Waals surface area contributed by atoms with Gasteiger partial charge in [0.2, 0.25) is 17.7 Å². The quantitative estimate of drug-likeness (QED) is 0.722. The molecule has 0 spiro atoms. The van der Waals surface area contributed by atoms with Gasteiger partial charge in [-0.1, -0.05) is 26.8 Å². The summed E-state index contributed by atoms with van der Waals surface area (Å²) in [5, 5.41) is 6.80. The normalized spacial score (nSPS) is 14.2. The maximum Gasteiger partial charge on any atom is 0.255 e. The Hall–Kier alpha value is -3.68. The molecule has 3 N–H and O–H groups in total. The molecule has 2 aromatic rings. The number of carbonyl (C=O) groups excluding carboxylic acids is 4. The Labute approximate surface area is 174 Å². The number of amides is 4. The SMILES string of the molecule is CC(C)(C)C(=O)Nc1cccc(NC(=O)c2ccc(N3NC(=O)CCC3=O)cc2)c1. The topological polar surface area (TPSA) is 108 Å². The predicted octanol–water partition coefficient (Wildman–Crippen LogP) is 3.08. The molecule has 0 unspecified atom stereocenters. The van der Waals surface area contributed by atoms with Crippen LogP contribution in [0.25, 0.3) is 0 Å². The fourth-order valence-corrected chi connectivity index (χ4v) is 2.74. The highest BCUT2D eigenvalue weighted by Gasteiger charge is 2.24. The van der Waals surface area contributed by atoms with Crippen molar-refractivity contribution in [3.8, 4) is 0 Å². The van der Waals surface area contributed by atoms with Gasteiger partial charge in [-0.05, 0) is 42.5 Å². The van der Waals surface area contributed by atoms with Crippen molar-refractivity contribution in [3.05, 3.63) is 54.1 Å². The van der Waals surface area contributed by atoms with Gasteiger partial charge in [-0.25, -0.2) is 5.01 Å². The van der Waals surface area contributed by atoms with E-state index >= 15 is 0 Å². The lowest BCUT2D eigenvalue weighted by Gasteiger charge is -2.27. The molecular weight excluding hydrogens is 384 g/mol. The van der Waals surface area contributed by atoms with E-state index in [-0.39, 0.29) is 36.5 Å². The van der Waals surface area contributed by atoms with Crippen LogP contribution >= 0.6 is 0 Å². The minimum Gasteiger partial charge on any atom is -0.326 e. The van der Waals surface area contributed by atoms with Crippen LogP contribution in [-0.2, 0) is 14.4 Å². The Morgan fingerprint density at radius 2 is 1.57 bits per heavy atom. The summed E-state index contributed by atoms with van der Waals surface area (Å²) in [5.74, 6) is -0.897. The number of anilines is 3. The third kappa shape index (κ3) is 5.02. The number of hydrogen-bond donors (Lipinski definition) is 3. The molecule has 0 aromatic heterocycles. The maximum absolute atomic E-state index is 12.6. The third-order valence-electron chi connectivity index (χ3n) is 4.50. The van der Waals surface area contributed by atoms with E-state index in [9.17, 15) is 19.2 Å². The fourth-order valence-electron chi connectivity index (χ4n) is 2.74. The zero-order valence-electron chi connectivity index (χ0n) is 17.1. The van der Waals surface area contributed by atoms with Crippen molar-refractivity contribution >= 4 is 40.7 Å². The van der Waals surface area contributed by atoms with Gasteiger partial charge in [0.1, 0.15) is 0 Å². The first-order valence-corrected chi connectivity index (χ1v) is 9.59. The van der Waals surface area contributed by atoms with Crippen LogP contribution in [0.15, 0.2) is 48.5 Å². The van der Waals surface area contributed by atoms with E-state index in [1.807, 2.05) is 20.8 Å². The molecule has 3 rings (SSSR count). The van der Waals surface area contributed by atoms with Crippen LogP contribution in [0.5, 0.6) is 0 Å². The van der Waals surface area contributed by atoms with Crippen LogP contribution in [0.1, 0.15) is 44.0 Å². The molecule has 1 fully saturated rings. The number of rotatable bonds is 4. The standard InChI is InChI=1S/C22H24N4O4/c1-22(2,3)21(30)24-16-6-4-5-15(13-16)23-20(29)14-7-9-17(10-8-14)26-19(28)12-11-18(27)25-26/h4-10,13H,11-12H2,1-3H3,(H,23,29)(H,24,30)(H,25,27). The van der Waals surface area contributed by atoms with Crippen molar-refractivity contribution in [3.63, 3.8) is 0 Å². The number of nitrogens with zero attached hydrogens (tertiary/aromatic N) is 1. The molecule has 1 aliphatic rings. The van der Waals surface area contributed by atoms with Gasteiger partial charge in [0.25, 0.3) is 5.91 Å². The number of benzene rings is 2. The minimum absolute atomic E-state index is 0.124. The number of hydrogen-bond acceptors (Lipinski definition) is 4. The molecule has 4 amide bonds. The van der Waals surface area contributed by atoms with Crippen LogP contribution in [0.3, 0.4) is 0 Å². The van der Waals surface area contributed by atoms with Gasteiger partial charge >= 0.3 is 0 Å². The first-order valence-electron chi connectivity index (χ1n) is 9.59. The molecule has 0 bridgehead atoms. The lowest BCUT2D eigenvalue weighted by atomic mass is 9.95. The number of hydrazine groups is 1. The molecular formula is C22H24N4O4. The van der Waals surface area contributed by atoms with E-state index in [1.54, 1.807) is 48.5 Å². The first kappa shape index (κ1) is 21.0. The molecule has 8 heteroatoms. The molecule has 0 radical (unpaired) electrons. The van der Waals surface area contributed by atoms with Gasteiger partial charge in [0.05, 0.1) is 5.69 Å². The Morgan fingerprint density at radius 3 is 2.20 bits per heavy atom. The van der Waals surface area contributed by atoms with Gasteiger partial charge in [0, 0.05) is 35.2 Å². The lowest BCUT2D eigenvalue weighted by Crippen LogP contribution is -2.50. The summed E-state index contributed by atoms with van der Waals surface area (Å²) in [7, 11) is 0. The highest BCUT2D eigenvalue weighted by molar-refractivity contribution is 6.06. The van der Waals surface area contributed by atoms with E-state index < -0.39 is 5.41 Å². The van der Waals surface area contributed by atoms with E-state index in [0.717, 1.165) is 0 Å². The van der Waals surface area contributed by atoms with Crippen LogP contribution in [-0.4, -0.2) is 23.6 Å². The van der Waals surface area contributed by atoms with Gasteiger partial charge in [-0.15, -0.1) is 0 Å². The Morgan fingerprint density at radius 1 is 0.933 bits per heavy atom. The average molecular weight is 408 g/mol. The van der Waals surface area contributed by atoms with Crippen molar-refractivity contribution in [2.75, 3.05) is 15.6 Å². The molecule has 0 saturated carbocycles. The monoisotopic (exact) mass is 408 g/mol. The van der Waals surface area contributed by atoms with Crippen molar-refractivity contribution in [1.29, 1.82) is 0 Å². The van der Waals surface area contributed by atoms with Crippen molar-refractivity contribution in [2.45, 2.75) is 33.6 Å². The van der Waals surface area contributed by atoms with Gasteiger partial charge < -0.3 is 10.6 Å². The molecule has 2 aromatic carbocycles. The zero-order chi connectivity index (χ0) is 21.9. The second-order valence-corrected chi connectivity index (χ2v) is 8.05. The van der Waals surface area contributed by atoms with Gasteiger partial charge in [-0.3, -0.25) is 24.6 Å². The Balaban J connectivity index is 1.68. The zero-order valence-corrected chi connectivity index (χ0v) is 17.1. The molecule has 0 aliphatic carbocycles. The van der Waals surface area contributed by atoms with Crippen molar-refractivity contribution in [1.82, 2.24) is 5.43 Å². The highest BCUT2D eigenvalue weighted by atomic mass is 16.2. The van der Waals surface area contributed by atoms with E-state index in [2.05, 4.69) is 16.1 Å². The number of nitrogens with one attached hydrogen (secondary N) is 3. The van der Waals surface area contributed by atoms with Gasteiger partial charge in [0.15, 0.2) is 0 Å². The average Bonchev–Trinajstić information content (AvgIpc) is 2.69. The summed E-state index contributed by atoms with van der Waals surface area (Å²) in [5.41, 5.74) is 3.97. The number of carbonyl (C=O) groups is 4. The summed E-state index contributed by atoms with van der Waals surface area (Å²) >= 11 is 0. The summed E-state index contributed by atoms with van der Waals surface area (Å²) in [6, 6.07) is 13.2. The summed E-state index contributed by atoms with van der Waals surface area (Å²) < 4.78 is 0. The first-order chi connectivity index (χ1) is 14.1. The maximum atomic E-state index is 12.6. The summed E-state index contributed by atoms with van der Waals surface area (Å²) in [6.45, 7) is 5.46. The largest absolute Gasteiger partial charge is 0.326 e. The van der Waals surface area contributed by atoms with E-state index in [0.29, 0.717) is 22.6 Å². The van der Waals surface area contributed by atoms with Crippen LogP contribution in [0.4, 0.5) is 17.1 Å². The lowest BCUT2D eigenvalue weighted by molar-refractivity contribution is -0.130. The molecule has 156 valence electrons. The Bertz CT molecular complexity index is 993. The summed E-state index contributed by atoms with van der Waals surface area (Å²) in [6.07, 6.45) is 0.321. The second-order valence-electron chi connectivity index (χ2n) is 8.05. The van der Waals surface area contributed by atoms with Crippen LogP contribution in [0.2, 0.25) is 0 Å². The Kier molecular flexibility index (Phi) is 5.86. The molecule has 8 nitrogen and oxygen atoms in total. The van der Waals surface area contributed by atoms with Gasteiger partial charge in [-0.2, -0.15) is 0 Å². The van der Waals surface area contributed by atoms with Crippen molar-refractivity contribution in [2.24, 2.45) is 5.41 Å².